The molecule has 0 saturated heterocycles. The summed E-state index contributed by atoms with van der Waals surface area (Å²) in [6.07, 6.45) is 0. The zero-order chi connectivity index (χ0) is 19.1. The average molecular weight is 363 g/mol. The molecule has 26 heavy (non-hydrogen) atoms. The van der Waals surface area contributed by atoms with Gasteiger partial charge in [-0.05, 0) is 56.2 Å². The van der Waals surface area contributed by atoms with Gasteiger partial charge in [-0.25, -0.2) is 0 Å². The molecular formula is C22H24N2OP+. The maximum Gasteiger partial charge on any atom is 0.415 e. The maximum atomic E-state index is 12.0. The molecule has 3 N–H and O–H groups in total. The van der Waals surface area contributed by atoms with Crippen LogP contribution in [0.2, 0.25) is 0 Å². The van der Waals surface area contributed by atoms with Gasteiger partial charge in [0.1, 0.15) is 5.84 Å². The summed E-state index contributed by atoms with van der Waals surface area (Å²) < 4.78 is 12.0. The van der Waals surface area contributed by atoms with Crippen molar-refractivity contribution in [2.75, 3.05) is 0 Å². The summed E-state index contributed by atoms with van der Waals surface area (Å²) in [5.41, 5.74) is 9.71. The molecule has 0 aromatic heterocycles. The Balaban J connectivity index is 0.000000190. The van der Waals surface area contributed by atoms with Crippen molar-refractivity contribution in [2.45, 2.75) is 20.8 Å². The summed E-state index contributed by atoms with van der Waals surface area (Å²) in [7, 11) is -1.42. The van der Waals surface area contributed by atoms with Crippen LogP contribution in [-0.4, -0.2) is 5.84 Å². The Labute approximate surface area is 156 Å². The molecule has 0 aliphatic heterocycles. The fraction of sp³-hybridized carbons (Fsp3) is 0.136. The van der Waals surface area contributed by atoms with Crippen LogP contribution in [0.4, 0.5) is 0 Å². The number of amidine groups is 1. The van der Waals surface area contributed by atoms with Crippen molar-refractivity contribution in [2.24, 2.45) is 5.73 Å². The van der Waals surface area contributed by atoms with E-state index in [1.165, 1.54) is 5.56 Å². The summed E-state index contributed by atoms with van der Waals surface area (Å²) in [4.78, 5) is 0. The summed E-state index contributed by atoms with van der Waals surface area (Å²) in [6, 6.07) is 23.2. The molecule has 0 bridgehead atoms. The molecule has 3 nitrogen and oxygen atoms in total. The van der Waals surface area contributed by atoms with E-state index in [1.54, 1.807) is 0 Å². The third kappa shape index (κ3) is 5.11. The number of nitrogen functional groups attached to an aromatic ring is 1. The van der Waals surface area contributed by atoms with Gasteiger partial charge in [0.05, 0.1) is 0 Å². The van der Waals surface area contributed by atoms with E-state index in [-0.39, 0.29) is 5.84 Å². The summed E-state index contributed by atoms with van der Waals surface area (Å²) in [5.74, 6) is 0.157. The Morgan fingerprint density at radius 1 is 0.808 bits per heavy atom. The van der Waals surface area contributed by atoms with Crippen LogP contribution in [0, 0.1) is 26.2 Å². The highest BCUT2D eigenvalue weighted by Gasteiger charge is 2.21. The summed E-state index contributed by atoms with van der Waals surface area (Å²) >= 11 is 0. The maximum absolute atomic E-state index is 12.0. The van der Waals surface area contributed by atoms with Gasteiger partial charge in [0.2, 0.25) is 0 Å². The van der Waals surface area contributed by atoms with Gasteiger partial charge in [0.15, 0.2) is 10.6 Å². The van der Waals surface area contributed by atoms with Crippen molar-refractivity contribution in [3.05, 3.63) is 95.1 Å². The Hall–Kier alpha value is -2.77. The lowest BCUT2D eigenvalue weighted by Crippen LogP contribution is -2.14. The van der Waals surface area contributed by atoms with Crippen molar-refractivity contribution >= 4 is 24.2 Å². The van der Waals surface area contributed by atoms with E-state index in [4.69, 9.17) is 11.1 Å². The SMILES string of the molecule is Cc1cc(C)c(C(=N)N)c(C)c1.O=[P+](c1ccccc1)c1ccccc1. The monoisotopic (exact) mass is 363 g/mol. The van der Waals surface area contributed by atoms with Crippen molar-refractivity contribution in [3.8, 4) is 0 Å². The fourth-order valence-corrected chi connectivity index (χ4v) is 4.06. The second-order valence-corrected chi connectivity index (χ2v) is 7.77. The Kier molecular flexibility index (Phi) is 6.82. The molecule has 0 aliphatic carbocycles. The van der Waals surface area contributed by atoms with Gasteiger partial charge in [-0.1, -0.05) is 58.7 Å². The van der Waals surface area contributed by atoms with Crippen LogP contribution < -0.4 is 16.3 Å². The normalized spacial score (nSPS) is 9.81. The molecule has 0 atom stereocenters. The highest BCUT2D eigenvalue weighted by Crippen LogP contribution is 2.18. The first-order valence-electron chi connectivity index (χ1n) is 8.39. The third-order valence-corrected chi connectivity index (χ3v) is 5.46. The smallest absolute Gasteiger partial charge is 0.384 e. The lowest BCUT2D eigenvalue weighted by Gasteiger charge is -2.08. The Morgan fingerprint density at radius 3 is 1.54 bits per heavy atom. The number of aryl methyl sites for hydroxylation is 3. The molecule has 0 amide bonds. The second-order valence-electron chi connectivity index (χ2n) is 6.15. The molecule has 0 saturated carbocycles. The second kappa shape index (κ2) is 9.07. The third-order valence-electron chi connectivity index (χ3n) is 3.93. The van der Waals surface area contributed by atoms with E-state index in [0.29, 0.717) is 0 Å². The minimum Gasteiger partial charge on any atom is -0.384 e. The lowest BCUT2D eigenvalue weighted by molar-refractivity contribution is 0.598. The molecular weight excluding hydrogens is 339 g/mol. The average Bonchev–Trinajstić information content (AvgIpc) is 2.62. The Bertz CT molecular complexity index is 841. The van der Waals surface area contributed by atoms with E-state index in [9.17, 15) is 4.57 Å². The van der Waals surface area contributed by atoms with E-state index in [1.807, 2.05) is 93.6 Å². The van der Waals surface area contributed by atoms with Gasteiger partial charge in [-0.15, -0.1) is 0 Å². The molecule has 0 fully saturated rings. The molecule has 3 aromatic rings. The lowest BCUT2D eigenvalue weighted by atomic mass is 9.99. The number of rotatable bonds is 3. The number of nitrogens with two attached hydrogens (primary N) is 1. The fourth-order valence-electron chi connectivity index (χ4n) is 2.88. The number of benzene rings is 3. The van der Waals surface area contributed by atoms with Gasteiger partial charge in [-0.2, -0.15) is 0 Å². The summed E-state index contributed by atoms with van der Waals surface area (Å²) in [5, 5.41) is 9.13. The van der Waals surface area contributed by atoms with Crippen LogP contribution in [0.5, 0.6) is 0 Å². The van der Waals surface area contributed by atoms with Gasteiger partial charge >= 0.3 is 7.80 Å². The molecule has 0 heterocycles. The standard InChI is InChI=1S/C12H10OP.C10H14N2/c13-14(11-7-3-1-4-8-11)12-9-5-2-6-10-12;1-6-4-7(2)9(10(11)12)8(3)5-6/h1-10H;4-5H,1-3H3,(H3,11,12)/q+1;. The van der Waals surface area contributed by atoms with Crippen molar-refractivity contribution in [1.82, 2.24) is 0 Å². The first-order valence-corrected chi connectivity index (χ1v) is 9.65. The van der Waals surface area contributed by atoms with Crippen LogP contribution in [0.1, 0.15) is 22.3 Å². The van der Waals surface area contributed by atoms with Crippen LogP contribution in [0.3, 0.4) is 0 Å². The zero-order valence-electron chi connectivity index (χ0n) is 15.4. The first kappa shape index (κ1) is 19.6. The van der Waals surface area contributed by atoms with Crippen molar-refractivity contribution in [3.63, 3.8) is 0 Å². The van der Waals surface area contributed by atoms with Crippen LogP contribution in [0.25, 0.3) is 0 Å². The molecule has 132 valence electrons. The van der Waals surface area contributed by atoms with Crippen LogP contribution in [-0.2, 0) is 4.57 Å². The molecule has 0 spiro atoms. The molecule has 0 unspecified atom stereocenters. The topological polar surface area (TPSA) is 66.9 Å². The molecule has 3 aromatic carbocycles. The highest BCUT2D eigenvalue weighted by molar-refractivity contribution is 7.61. The zero-order valence-corrected chi connectivity index (χ0v) is 16.3. The van der Waals surface area contributed by atoms with Crippen LogP contribution >= 0.6 is 7.80 Å². The number of nitrogens with one attached hydrogen (secondary N) is 1. The number of hydrogen-bond donors (Lipinski definition) is 2. The summed E-state index contributed by atoms with van der Waals surface area (Å²) in [6.45, 7) is 6.01. The van der Waals surface area contributed by atoms with Gasteiger partial charge in [0.25, 0.3) is 0 Å². The van der Waals surface area contributed by atoms with E-state index in [0.717, 1.165) is 27.3 Å². The minimum atomic E-state index is -1.42. The van der Waals surface area contributed by atoms with E-state index < -0.39 is 7.80 Å². The van der Waals surface area contributed by atoms with Crippen LogP contribution in [0.15, 0.2) is 72.8 Å². The van der Waals surface area contributed by atoms with E-state index >= 15 is 0 Å². The largest absolute Gasteiger partial charge is 0.415 e. The van der Waals surface area contributed by atoms with Crippen molar-refractivity contribution in [1.29, 1.82) is 5.41 Å². The first-order chi connectivity index (χ1) is 12.4. The molecule has 0 radical (unpaired) electrons. The predicted octanol–water partition coefficient (Wildman–Crippen LogP) is 4.36. The Morgan fingerprint density at radius 2 is 1.19 bits per heavy atom. The van der Waals surface area contributed by atoms with Gasteiger partial charge in [-0.3, -0.25) is 5.41 Å². The van der Waals surface area contributed by atoms with Crippen molar-refractivity contribution < 1.29 is 4.57 Å². The predicted molar refractivity (Wildman–Crippen MR) is 111 cm³/mol. The molecule has 3 rings (SSSR count). The highest BCUT2D eigenvalue weighted by atomic mass is 31.1. The molecule has 0 aliphatic rings. The van der Waals surface area contributed by atoms with E-state index in [2.05, 4.69) is 0 Å². The molecule has 4 heteroatoms. The van der Waals surface area contributed by atoms with Gasteiger partial charge in [0, 0.05) is 5.56 Å². The number of hydrogen-bond acceptors (Lipinski definition) is 2. The minimum absolute atomic E-state index is 0.157. The van der Waals surface area contributed by atoms with Gasteiger partial charge < -0.3 is 5.73 Å². The quantitative estimate of drug-likeness (QED) is 0.412.